The van der Waals surface area contributed by atoms with Crippen LogP contribution in [0.1, 0.15) is 16.4 Å². The van der Waals surface area contributed by atoms with Crippen molar-refractivity contribution in [1.29, 1.82) is 0 Å². The fourth-order valence-electron chi connectivity index (χ4n) is 1.80. The number of nitrogens with zero attached hydrogens (tertiary/aromatic N) is 3. The monoisotopic (exact) mass is 244 g/mol. The molecule has 4 nitrogen and oxygen atoms in total. The number of rotatable bonds is 3. The van der Waals surface area contributed by atoms with Gasteiger partial charge in [0.05, 0.1) is 5.69 Å². The highest BCUT2D eigenvalue weighted by Gasteiger charge is 2.07. The first-order valence-electron chi connectivity index (χ1n) is 5.43. The van der Waals surface area contributed by atoms with Crippen molar-refractivity contribution in [3.8, 4) is 0 Å². The van der Waals surface area contributed by atoms with Crippen molar-refractivity contribution in [2.24, 2.45) is 5.73 Å². The first kappa shape index (κ1) is 10.4. The molecule has 0 aliphatic rings. The van der Waals surface area contributed by atoms with E-state index in [1.165, 1.54) is 4.88 Å². The molecule has 0 bridgehead atoms. The van der Waals surface area contributed by atoms with Crippen LogP contribution in [0.25, 0.3) is 5.65 Å². The third kappa shape index (κ3) is 1.94. The van der Waals surface area contributed by atoms with Crippen molar-refractivity contribution in [3.63, 3.8) is 0 Å². The van der Waals surface area contributed by atoms with E-state index in [4.69, 9.17) is 5.73 Å². The molecule has 0 atom stereocenters. The van der Waals surface area contributed by atoms with Crippen LogP contribution in [0, 0.1) is 0 Å². The summed E-state index contributed by atoms with van der Waals surface area (Å²) in [5.41, 5.74) is 7.51. The zero-order chi connectivity index (χ0) is 11.7. The lowest BCUT2D eigenvalue weighted by Crippen LogP contribution is -2.04. The van der Waals surface area contributed by atoms with Gasteiger partial charge in [-0.15, -0.1) is 11.3 Å². The number of hydrogen-bond acceptors (Lipinski definition) is 4. The average Bonchev–Trinajstić information content (AvgIpc) is 2.97. The number of nitrogens with two attached hydrogens (primary N) is 1. The number of hydrogen-bond donors (Lipinski definition) is 1. The van der Waals surface area contributed by atoms with Crippen molar-refractivity contribution in [2.45, 2.75) is 13.0 Å². The van der Waals surface area contributed by atoms with Crippen molar-refractivity contribution in [1.82, 2.24) is 14.6 Å². The lowest BCUT2D eigenvalue weighted by Gasteiger charge is -1.98. The van der Waals surface area contributed by atoms with E-state index in [0.29, 0.717) is 6.54 Å². The molecule has 2 N–H and O–H groups in total. The van der Waals surface area contributed by atoms with E-state index in [1.807, 2.05) is 28.8 Å². The van der Waals surface area contributed by atoms with Gasteiger partial charge in [0.2, 0.25) is 0 Å². The van der Waals surface area contributed by atoms with E-state index in [9.17, 15) is 0 Å². The van der Waals surface area contributed by atoms with E-state index in [2.05, 4.69) is 21.5 Å². The fourth-order valence-corrected chi connectivity index (χ4v) is 2.50. The van der Waals surface area contributed by atoms with Gasteiger partial charge >= 0.3 is 0 Å². The van der Waals surface area contributed by atoms with Gasteiger partial charge in [-0.05, 0) is 23.6 Å². The Kier molecular flexibility index (Phi) is 2.62. The minimum atomic E-state index is 0.471. The van der Waals surface area contributed by atoms with Crippen molar-refractivity contribution < 1.29 is 0 Å². The van der Waals surface area contributed by atoms with E-state index < -0.39 is 0 Å². The van der Waals surface area contributed by atoms with Crippen molar-refractivity contribution >= 4 is 17.0 Å². The van der Waals surface area contributed by atoms with Crippen molar-refractivity contribution in [3.05, 3.63) is 52.1 Å². The molecule has 0 aliphatic carbocycles. The molecule has 17 heavy (non-hydrogen) atoms. The molecule has 0 spiro atoms. The molecule has 3 heterocycles. The topological polar surface area (TPSA) is 56.2 Å². The van der Waals surface area contributed by atoms with Gasteiger partial charge < -0.3 is 5.73 Å². The summed E-state index contributed by atoms with van der Waals surface area (Å²) in [6, 6.07) is 10.0. The normalized spacial score (nSPS) is 11.1. The molecule has 0 unspecified atom stereocenters. The first-order chi connectivity index (χ1) is 8.36. The Bertz CT molecular complexity index is 627. The van der Waals surface area contributed by atoms with E-state index in [-0.39, 0.29) is 0 Å². The van der Waals surface area contributed by atoms with E-state index >= 15 is 0 Å². The summed E-state index contributed by atoms with van der Waals surface area (Å²) < 4.78 is 1.82. The summed E-state index contributed by atoms with van der Waals surface area (Å²) in [5, 5.41) is 6.56. The van der Waals surface area contributed by atoms with Crippen LogP contribution in [-0.2, 0) is 13.0 Å². The molecule has 86 valence electrons. The Balaban J connectivity index is 2.02. The van der Waals surface area contributed by atoms with Crippen LogP contribution in [-0.4, -0.2) is 14.6 Å². The molecule has 3 aromatic heterocycles. The quantitative estimate of drug-likeness (QED) is 0.765. The Morgan fingerprint density at radius 3 is 2.94 bits per heavy atom. The molecule has 0 radical (unpaired) electrons. The van der Waals surface area contributed by atoms with Gasteiger partial charge in [0, 0.05) is 17.8 Å². The van der Waals surface area contributed by atoms with Crippen LogP contribution < -0.4 is 5.73 Å². The Hall–Kier alpha value is -1.72. The third-order valence-corrected chi connectivity index (χ3v) is 3.48. The smallest absolute Gasteiger partial charge is 0.156 e. The van der Waals surface area contributed by atoms with Gasteiger partial charge in [0.25, 0.3) is 0 Å². The Labute approximate surface area is 103 Å². The van der Waals surface area contributed by atoms with Gasteiger partial charge in [0.15, 0.2) is 11.5 Å². The SMILES string of the molecule is NCc1cccc2nc(Cc3cccs3)nn12. The first-order valence-corrected chi connectivity index (χ1v) is 6.31. The standard InChI is InChI=1S/C12H12N4S/c13-8-9-3-1-5-12-14-11(15-16(9)12)7-10-4-2-6-17-10/h1-6H,7-8,13H2. The van der Waals surface area contributed by atoms with Crippen LogP contribution in [0.2, 0.25) is 0 Å². The highest BCUT2D eigenvalue weighted by atomic mass is 32.1. The molecular weight excluding hydrogens is 232 g/mol. The molecule has 5 heteroatoms. The fraction of sp³-hybridized carbons (Fsp3) is 0.167. The maximum absolute atomic E-state index is 5.67. The summed E-state index contributed by atoms with van der Waals surface area (Å²) in [5.74, 6) is 0.841. The summed E-state index contributed by atoms with van der Waals surface area (Å²) >= 11 is 1.72. The molecule has 0 saturated heterocycles. The second-order valence-corrected chi connectivity index (χ2v) is 4.81. The Morgan fingerprint density at radius 2 is 2.18 bits per heavy atom. The molecule has 3 aromatic rings. The summed E-state index contributed by atoms with van der Waals surface area (Å²) in [6.07, 6.45) is 0.781. The van der Waals surface area contributed by atoms with Gasteiger partial charge in [-0.25, -0.2) is 9.50 Å². The van der Waals surface area contributed by atoms with E-state index in [0.717, 1.165) is 23.6 Å². The minimum Gasteiger partial charge on any atom is -0.325 e. The number of thiophene rings is 1. The summed E-state index contributed by atoms with van der Waals surface area (Å²) in [4.78, 5) is 5.77. The van der Waals surface area contributed by atoms with E-state index in [1.54, 1.807) is 11.3 Å². The van der Waals surface area contributed by atoms with Crippen LogP contribution in [0.15, 0.2) is 35.7 Å². The maximum Gasteiger partial charge on any atom is 0.156 e. The third-order valence-electron chi connectivity index (χ3n) is 2.60. The van der Waals surface area contributed by atoms with Gasteiger partial charge in [-0.1, -0.05) is 12.1 Å². The maximum atomic E-state index is 5.67. The van der Waals surface area contributed by atoms with Gasteiger partial charge in [0.1, 0.15) is 0 Å². The predicted molar refractivity (Wildman–Crippen MR) is 68.0 cm³/mol. The second-order valence-electron chi connectivity index (χ2n) is 3.78. The zero-order valence-corrected chi connectivity index (χ0v) is 10.0. The molecule has 0 saturated carbocycles. The number of fused-ring (bicyclic) bond motifs is 1. The second kappa shape index (κ2) is 4.27. The highest BCUT2D eigenvalue weighted by Crippen LogP contribution is 2.14. The molecule has 0 aliphatic heterocycles. The van der Waals surface area contributed by atoms with Crippen LogP contribution in [0.3, 0.4) is 0 Å². The Morgan fingerprint density at radius 1 is 1.24 bits per heavy atom. The van der Waals surface area contributed by atoms with Gasteiger partial charge in [-0.3, -0.25) is 0 Å². The number of pyridine rings is 1. The summed E-state index contributed by atoms with van der Waals surface area (Å²) in [6.45, 7) is 0.471. The molecule has 0 fully saturated rings. The van der Waals surface area contributed by atoms with Gasteiger partial charge in [-0.2, -0.15) is 5.10 Å². The molecule has 0 aromatic carbocycles. The molecular formula is C12H12N4S. The van der Waals surface area contributed by atoms with Crippen LogP contribution >= 0.6 is 11.3 Å². The minimum absolute atomic E-state index is 0.471. The number of aromatic nitrogens is 3. The lowest BCUT2D eigenvalue weighted by molar-refractivity contribution is 0.827. The summed E-state index contributed by atoms with van der Waals surface area (Å²) in [7, 11) is 0. The lowest BCUT2D eigenvalue weighted by atomic mass is 10.3. The zero-order valence-electron chi connectivity index (χ0n) is 9.21. The average molecular weight is 244 g/mol. The largest absolute Gasteiger partial charge is 0.325 e. The molecule has 3 rings (SSSR count). The highest BCUT2D eigenvalue weighted by molar-refractivity contribution is 7.09. The van der Waals surface area contributed by atoms with Crippen molar-refractivity contribution in [2.75, 3.05) is 0 Å². The predicted octanol–water partition coefficient (Wildman–Crippen LogP) is 1.84. The van der Waals surface area contributed by atoms with Crippen LogP contribution in [0.4, 0.5) is 0 Å². The van der Waals surface area contributed by atoms with Crippen LogP contribution in [0.5, 0.6) is 0 Å². The molecule has 0 amide bonds.